The standard InChI is InChI=1S/C11H21IO3/c1-8(13-4)14-9(7-12)5-6-10-11(2,3)15-10/h8-10H,5-7H2,1-4H3. The fraction of sp³-hybridized carbons (Fsp3) is 1.00. The average Bonchev–Trinajstić information content (AvgIpc) is 2.80. The summed E-state index contributed by atoms with van der Waals surface area (Å²) in [5.74, 6) is 0. The van der Waals surface area contributed by atoms with E-state index in [0.29, 0.717) is 6.10 Å². The van der Waals surface area contributed by atoms with Crippen LogP contribution in [0.3, 0.4) is 0 Å². The molecule has 1 saturated heterocycles. The minimum Gasteiger partial charge on any atom is -0.367 e. The smallest absolute Gasteiger partial charge is 0.154 e. The van der Waals surface area contributed by atoms with E-state index in [9.17, 15) is 0 Å². The first-order valence-electron chi connectivity index (χ1n) is 5.41. The summed E-state index contributed by atoms with van der Waals surface area (Å²) in [4.78, 5) is 0. The molecule has 0 radical (unpaired) electrons. The third-order valence-electron chi connectivity index (χ3n) is 2.80. The van der Waals surface area contributed by atoms with Crippen molar-refractivity contribution < 1.29 is 14.2 Å². The predicted molar refractivity (Wildman–Crippen MR) is 68.4 cm³/mol. The van der Waals surface area contributed by atoms with Crippen LogP contribution >= 0.6 is 22.6 Å². The molecule has 1 aliphatic rings. The summed E-state index contributed by atoms with van der Waals surface area (Å²) in [5.41, 5.74) is 0.0999. The fourth-order valence-electron chi connectivity index (χ4n) is 1.58. The lowest BCUT2D eigenvalue weighted by Gasteiger charge is -2.19. The van der Waals surface area contributed by atoms with Crippen molar-refractivity contribution in [1.29, 1.82) is 0 Å². The Hall–Kier alpha value is 0.610. The zero-order chi connectivity index (χ0) is 11.5. The lowest BCUT2D eigenvalue weighted by atomic mass is 10.0. The molecule has 1 aliphatic heterocycles. The van der Waals surface area contributed by atoms with Gasteiger partial charge < -0.3 is 14.2 Å². The lowest BCUT2D eigenvalue weighted by molar-refractivity contribution is -0.138. The Bertz CT molecular complexity index is 196. The molecule has 3 nitrogen and oxygen atoms in total. The van der Waals surface area contributed by atoms with Gasteiger partial charge in [0.15, 0.2) is 6.29 Å². The van der Waals surface area contributed by atoms with E-state index >= 15 is 0 Å². The van der Waals surface area contributed by atoms with Gasteiger partial charge in [0, 0.05) is 11.5 Å². The average molecular weight is 328 g/mol. The van der Waals surface area contributed by atoms with Crippen molar-refractivity contribution in [3.05, 3.63) is 0 Å². The first-order valence-corrected chi connectivity index (χ1v) is 6.94. The minimum absolute atomic E-state index is 0.0999. The second-order valence-electron chi connectivity index (χ2n) is 4.50. The highest BCUT2D eigenvalue weighted by Crippen LogP contribution is 2.38. The molecule has 0 aromatic carbocycles. The zero-order valence-corrected chi connectivity index (χ0v) is 12.1. The molecule has 0 N–H and O–H groups in total. The molecular weight excluding hydrogens is 307 g/mol. The summed E-state index contributed by atoms with van der Waals surface area (Å²) in [6.45, 7) is 6.20. The molecule has 0 aromatic rings. The minimum atomic E-state index is -0.113. The molecular formula is C11H21IO3. The number of rotatable bonds is 7. The highest BCUT2D eigenvalue weighted by Gasteiger charge is 2.47. The molecule has 3 atom stereocenters. The van der Waals surface area contributed by atoms with Crippen molar-refractivity contribution in [2.45, 2.75) is 57.7 Å². The van der Waals surface area contributed by atoms with E-state index in [1.807, 2.05) is 6.92 Å². The van der Waals surface area contributed by atoms with Gasteiger partial charge in [0.1, 0.15) is 0 Å². The first kappa shape index (κ1) is 13.7. The maximum absolute atomic E-state index is 5.71. The van der Waals surface area contributed by atoms with Gasteiger partial charge in [-0.25, -0.2) is 0 Å². The molecule has 90 valence electrons. The number of hydrogen-bond acceptors (Lipinski definition) is 3. The van der Waals surface area contributed by atoms with Crippen LogP contribution in [-0.2, 0) is 14.2 Å². The van der Waals surface area contributed by atoms with Crippen LogP contribution in [0.15, 0.2) is 0 Å². The van der Waals surface area contributed by atoms with Gasteiger partial charge in [-0.1, -0.05) is 22.6 Å². The van der Waals surface area contributed by atoms with Crippen molar-refractivity contribution in [2.75, 3.05) is 11.5 Å². The van der Waals surface area contributed by atoms with Gasteiger partial charge >= 0.3 is 0 Å². The van der Waals surface area contributed by atoms with Crippen molar-refractivity contribution in [1.82, 2.24) is 0 Å². The topological polar surface area (TPSA) is 31.0 Å². The summed E-state index contributed by atoms with van der Waals surface area (Å²) < 4.78 is 17.3. The predicted octanol–water partition coefficient (Wildman–Crippen LogP) is 2.76. The second-order valence-corrected chi connectivity index (χ2v) is 5.38. The molecule has 0 saturated carbocycles. The lowest BCUT2D eigenvalue weighted by Crippen LogP contribution is -2.23. The van der Waals surface area contributed by atoms with Crippen LogP contribution in [0, 0.1) is 0 Å². The molecule has 0 spiro atoms. The fourth-order valence-corrected chi connectivity index (χ4v) is 2.23. The number of methoxy groups -OCH3 is 1. The summed E-state index contributed by atoms with van der Waals surface area (Å²) in [5, 5.41) is 0. The van der Waals surface area contributed by atoms with Gasteiger partial charge in [0.25, 0.3) is 0 Å². The molecule has 3 unspecified atom stereocenters. The van der Waals surface area contributed by atoms with Gasteiger partial charge in [-0.2, -0.15) is 0 Å². The summed E-state index contributed by atoms with van der Waals surface area (Å²) in [6.07, 6.45) is 2.71. The van der Waals surface area contributed by atoms with Gasteiger partial charge in [0.05, 0.1) is 17.8 Å². The molecule has 1 fully saturated rings. The monoisotopic (exact) mass is 328 g/mol. The maximum atomic E-state index is 5.71. The molecule has 0 aromatic heterocycles. The number of halogens is 1. The summed E-state index contributed by atoms with van der Waals surface area (Å²) in [6, 6.07) is 0. The van der Waals surface area contributed by atoms with E-state index in [-0.39, 0.29) is 18.0 Å². The molecule has 15 heavy (non-hydrogen) atoms. The van der Waals surface area contributed by atoms with Crippen LogP contribution in [0.25, 0.3) is 0 Å². The van der Waals surface area contributed by atoms with E-state index in [1.54, 1.807) is 7.11 Å². The van der Waals surface area contributed by atoms with Crippen LogP contribution in [0.4, 0.5) is 0 Å². The van der Waals surface area contributed by atoms with Gasteiger partial charge in [0.2, 0.25) is 0 Å². The molecule has 1 rings (SSSR count). The second kappa shape index (κ2) is 5.80. The van der Waals surface area contributed by atoms with Crippen molar-refractivity contribution in [3.63, 3.8) is 0 Å². The zero-order valence-electron chi connectivity index (χ0n) is 9.96. The Balaban J connectivity index is 2.17. The normalized spacial score (nSPS) is 27.4. The Morgan fingerprint density at radius 3 is 2.47 bits per heavy atom. The van der Waals surface area contributed by atoms with Crippen LogP contribution in [0.5, 0.6) is 0 Å². The van der Waals surface area contributed by atoms with Crippen molar-refractivity contribution in [2.24, 2.45) is 0 Å². The Kier molecular flexibility index (Phi) is 5.28. The number of ether oxygens (including phenoxy) is 3. The van der Waals surface area contributed by atoms with Crippen LogP contribution in [0.1, 0.15) is 33.6 Å². The van der Waals surface area contributed by atoms with Gasteiger partial charge in [-0.05, 0) is 33.6 Å². The van der Waals surface area contributed by atoms with Gasteiger partial charge in [-0.15, -0.1) is 0 Å². The summed E-state index contributed by atoms with van der Waals surface area (Å²) >= 11 is 2.35. The van der Waals surface area contributed by atoms with Crippen molar-refractivity contribution >= 4 is 22.6 Å². The molecule has 0 aliphatic carbocycles. The van der Waals surface area contributed by atoms with E-state index in [1.165, 1.54) is 0 Å². The van der Waals surface area contributed by atoms with E-state index in [2.05, 4.69) is 36.4 Å². The molecule has 0 amide bonds. The first-order chi connectivity index (χ1) is 6.99. The SMILES string of the molecule is COC(C)OC(CI)CCC1OC1(C)C. The number of alkyl halides is 1. The maximum Gasteiger partial charge on any atom is 0.154 e. The third kappa shape index (κ3) is 4.54. The van der Waals surface area contributed by atoms with Crippen LogP contribution < -0.4 is 0 Å². The van der Waals surface area contributed by atoms with E-state index in [0.717, 1.165) is 17.3 Å². The number of hydrogen-bond donors (Lipinski definition) is 0. The third-order valence-corrected chi connectivity index (χ3v) is 3.79. The molecule has 4 heteroatoms. The summed E-state index contributed by atoms with van der Waals surface area (Å²) in [7, 11) is 1.67. The Labute approximate surface area is 106 Å². The van der Waals surface area contributed by atoms with Crippen molar-refractivity contribution in [3.8, 4) is 0 Å². The Morgan fingerprint density at radius 2 is 2.07 bits per heavy atom. The molecule has 0 bridgehead atoms. The highest BCUT2D eigenvalue weighted by molar-refractivity contribution is 14.1. The van der Waals surface area contributed by atoms with E-state index < -0.39 is 0 Å². The van der Waals surface area contributed by atoms with E-state index in [4.69, 9.17) is 14.2 Å². The molecule has 1 heterocycles. The van der Waals surface area contributed by atoms with Crippen LogP contribution in [-0.4, -0.2) is 35.6 Å². The van der Waals surface area contributed by atoms with Gasteiger partial charge in [-0.3, -0.25) is 0 Å². The number of epoxide rings is 1. The quantitative estimate of drug-likeness (QED) is 0.312. The highest BCUT2D eigenvalue weighted by atomic mass is 127. The largest absolute Gasteiger partial charge is 0.367 e. The Morgan fingerprint density at radius 1 is 1.47 bits per heavy atom. The van der Waals surface area contributed by atoms with Crippen LogP contribution in [0.2, 0.25) is 0 Å².